The summed E-state index contributed by atoms with van der Waals surface area (Å²) in [4.78, 5) is 13.4. The zero-order valence-electron chi connectivity index (χ0n) is 13.7. The van der Waals surface area contributed by atoms with E-state index in [9.17, 15) is 13.2 Å². The normalized spacial score (nSPS) is 15.8. The summed E-state index contributed by atoms with van der Waals surface area (Å²) in [6.45, 7) is 1.50. The maximum absolute atomic E-state index is 12.7. The highest BCUT2D eigenvalue weighted by molar-refractivity contribution is 7.89. The van der Waals surface area contributed by atoms with E-state index >= 15 is 0 Å². The average Bonchev–Trinajstić information content (AvgIpc) is 3.14. The van der Waals surface area contributed by atoms with Gasteiger partial charge in [-0.1, -0.05) is 12.1 Å². The van der Waals surface area contributed by atoms with Crippen molar-refractivity contribution in [1.82, 2.24) is 4.31 Å². The number of benzene rings is 1. The van der Waals surface area contributed by atoms with Gasteiger partial charge in [0.05, 0.1) is 18.1 Å². The number of amides is 1. The van der Waals surface area contributed by atoms with E-state index in [0.717, 1.165) is 4.88 Å². The minimum atomic E-state index is -3.56. The Morgan fingerprint density at radius 3 is 2.72 bits per heavy atom. The molecule has 2 aromatic rings. The summed E-state index contributed by atoms with van der Waals surface area (Å²) >= 11 is 1.62. The van der Waals surface area contributed by atoms with E-state index in [1.165, 1.54) is 10.4 Å². The van der Waals surface area contributed by atoms with E-state index in [1.54, 1.807) is 29.5 Å². The highest BCUT2D eigenvalue weighted by Crippen LogP contribution is 2.21. The number of nitrogens with zero attached hydrogens (tertiary/aromatic N) is 1. The minimum Gasteiger partial charge on any atom is -0.379 e. The average molecular weight is 380 g/mol. The Hall–Kier alpha value is -1.74. The fourth-order valence-corrected chi connectivity index (χ4v) is 4.75. The molecule has 0 radical (unpaired) electrons. The van der Waals surface area contributed by atoms with Gasteiger partial charge in [0.2, 0.25) is 15.9 Å². The molecule has 0 unspecified atom stereocenters. The number of aryl methyl sites for hydroxylation is 1. The third-order valence-electron chi connectivity index (χ3n) is 3.90. The number of nitrogens with one attached hydrogen (secondary N) is 1. The number of sulfonamides is 1. The zero-order valence-corrected chi connectivity index (χ0v) is 15.3. The quantitative estimate of drug-likeness (QED) is 0.835. The van der Waals surface area contributed by atoms with Gasteiger partial charge in [0.15, 0.2) is 0 Å². The number of thiophene rings is 1. The predicted octanol–water partition coefficient (Wildman–Crippen LogP) is 2.34. The maximum Gasteiger partial charge on any atom is 0.243 e. The molecule has 0 atom stereocenters. The van der Waals surface area contributed by atoms with Crippen molar-refractivity contribution in [3.63, 3.8) is 0 Å². The molecule has 134 valence electrons. The smallest absolute Gasteiger partial charge is 0.243 e. The fourth-order valence-electron chi connectivity index (χ4n) is 2.59. The van der Waals surface area contributed by atoms with E-state index < -0.39 is 10.0 Å². The van der Waals surface area contributed by atoms with Gasteiger partial charge in [-0.3, -0.25) is 4.79 Å². The molecule has 1 aliphatic rings. The Kier molecular flexibility index (Phi) is 5.85. The van der Waals surface area contributed by atoms with Crippen molar-refractivity contribution < 1.29 is 17.9 Å². The highest BCUT2D eigenvalue weighted by atomic mass is 32.2. The van der Waals surface area contributed by atoms with Crippen LogP contribution in [0.5, 0.6) is 0 Å². The summed E-state index contributed by atoms with van der Waals surface area (Å²) < 4.78 is 31.9. The first-order valence-corrected chi connectivity index (χ1v) is 10.4. The molecule has 1 fully saturated rings. The topological polar surface area (TPSA) is 75.7 Å². The molecular formula is C17H20N2O4S2. The molecule has 1 saturated heterocycles. The van der Waals surface area contributed by atoms with Gasteiger partial charge < -0.3 is 10.1 Å². The summed E-state index contributed by atoms with van der Waals surface area (Å²) in [7, 11) is -3.56. The molecule has 6 nitrogen and oxygen atoms in total. The van der Waals surface area contributed by atoms with E-state index in [1.807, 2.05) is 17.5 Å². The lowest BCUT2D eigenvalue weighted by Crippen LogP contribution is -2.40. The van der Waals surface area contributed by atoms with Gasteiger partial charge in [-0.15, -0.1) is 11.3 Å². The Morgan fingerprint density at radius 2 is 2.00 bits per heavy atom. The lowest BCUT2D eigenvalue weighted by atomic mass is 10.2. The minimum absolute atomic E-state index is 0.130. The number of hydrogen-bond acceptors (Lipinski definition) is 5. The Labute approximate surface area is 151 Å². The van der Waals surface area contributed by atoms with E-state index in [-0.39, 0.29) is 10.8 Å². The van der Waals surface area contributed by atoms with Crippen LogP contribution < -0.4 is 5.32 Å². The van der Waals surface area contributed by atoms with E-state index in [0.29, 0.717) is 44.8 Å². The van der Waals surface area contributed by atoms with Crippen molar-refractivity contribution in [2.45, 2.75) is 17.7 Å². The lowest BCUT2D eigenvalue weighted by Gasteiger charge is -2.26. The molecule has 1 amide bonds. The molecule has 0 bridgehead atoms. The summed E-state index contributed by atoms with van der Waals surface area (Å²) in [5, 5.41) is 4.76. The molecule has 3 rings (SSSR count). The van der Waals surface area contributed by atoms with Crippen LogP contribution in [0.4, 0.5) is 5.69 Å². The predicted molar refractivity (Wildman–Crippen MR) is 97.3 cm³/mol. The third kappa shape index (κ3) is 4.66. The SMILES string of the molecule is O=C(CCc1cccs1)Nc1cccc(S(=O)(=O)N2CCOCC2)c1. The first kappa shape index (κ1) is 18.1. The molecule has 0 saturated carbocycles. The summed E-state index contributed by atoms with van der Waals surface area (Å²) in [5.41, 5.74) is 0.491. The number of hydrogen-bond donors (Lipinski definition) is 1. The first-order chi connectivity index (χ1) is 12.1. The first-order valence-electron chi connectivity index (χ1n) is 8.06. The van der Waals surface area contributed by atoms with Crippen LogP contribution in [0.2, 0.25) is 0 Å². The number of ether oxygens (including phenoxy) is 1. The van der Waals surface area contributed by atoms with Crippen LogP contribution in [-0.2, 0) is 26.0 Å². The van der Waals surface area contributed by atoms with Crippen LogP contribution in [0.3, 0.4) is 0 Å². The van der Waals surface area contributed by atoms with Crippen LogP contribution in [0.1, 0.15) is 11.3 Å². The van der Waals surface area contributed by atoms with Crippen molar-refractivity contribution in [3.05, 3.63) is 46.7 Å². The molecule has 8 heteroatoms. The molecular weight excluding hydrogens is 360 g/mol. The molecule has 25 heavy (non-hydrogen) atoms. The second-order valence-corrected chi connectivity index (χ2v) is 8.64. The van der Waals surface area contributed by atoms with Gasteiger partial charge in [-0.2, -0.15) is 4.31 Å². The van der Waals surface area contributed by atoms with Crippen LogP contribution in [-0.4, -0.2) is 44.9 Å². The third-order valence-corrected chi connectivity index (χ3v) is 6.73. The number of carbonyl (C=O) groups excluding carboxylic acids is 1. The maximum atomic E-state index is 12.7. The van der Waals surface area contributed by atoms with Gasteiger partial charge in [-0.25, -0.2) is 8.42 Å². The van der Waals surface area contributed by atoms with Crippen LogP contribution in [0, 0.1) is 0 Å². The van der Waals surface area contributed by atoms with Crippen LogP contribution in [0.15, 0.2) is 46.7 Å². The summed E-state index contributed by atoms with van der Waals surface area (Å²) in [5.74, 6) is -0.130. The number of carbonyl (C=O) groups is 1. The van der Waals surface area contributed by atoms with Crippen molar-refractivity contribution in [1.29, 1.82) is 0 Å². The monoisotopic (exact) mass is 380 g/mol. The van der Waals surface area contributed by atoms with Gasteiger partial charge in [-0.05, 0) is 36.1 Å². The number of anilines is 1. The van der Waals surface area contributed by atoms with Crippen LogP contribution in [0.25, 0.3) is 0 Å². The Morgan fingerprint density at radius 1 is 1.20 bits per heavy atom. The van der Waals surface area contributed by atoms with E-state index in [2.05, 4.69) is 5.32 Å². The van der Waals surface area contributed by atoms with Crippen LogP contribution >= 0.6 is 11.3 Å². The second-order valence-electron chi connectivity index (χ2n) is 5.67. The largest absolute Gasteiger partial charge is 0.379 e. The summed E-state index contributed by atoms with van der Waals surface area (Å²) in [6.07, 6.45) is 1.04. The van der Waals surface area contributed by atoms with Crippen molar-refractivity contribution in [3.8, 4) is 0 Å². The molecule has 0 aliphatic carbocycles. The van der Waals surface area contributed by atoms with Crippen molar-refractivity contribution >= 4 is 33.0 Å². The molecule has 1 aromatic heterocycles. The van der Waals surface area contributed by atoms with Gasteiger partial charge in [0.25, 0.3) is 0 Å². The van der Waals surface area contributed by atoms with Gasteiger partial charge in [0.1, 0.15) is 0 Å². The Bertz CT molecular complexity index is 813. The molecule has 1 aromatic carbocycles. The number of rotatable bonds is 6. The fraction of sp³-hybridized carbons (Fsp3) is 0.353. The van der Waals surface area contributed by atoms with Crippen molar-refractivity contribution in [2.75, 3.05) is 31.6 Å². The van der Waals surface area contributed by atoms with E-state index in [4.69, 9.17) is 4.74 Å². The molecule has 2 heterocycles. The number of morpholine rings is 1. The zero-order chi connectivity index (χ0) is 17.7. The Balaban J connectivity index is 1.65. The lowest BCUT2D eigenvalue weighted by molar-refractivity contribution is -0.116. The molecule has 1 aliphatic heterocycles. The summed E-state index contributed by atoms with van der Waals surface area (Å²) in [6, 6.07) is 10.3. The van der Waals surface area contributed by atoms with Gasteiger partial charge >= 0.3 is 0 Å². The van der Waals surface area contributed by atoms with Gasteiger partial charge in [0, 0.05) is 30.1 Å². The molecule has 1 N–H and O–H groups in total. The highest BCUT2D eigenvalue weighted by Gasteiger charge is 2.26. The second kappa shape index (κ2) is 8.09. The molecule has 0 spiro atoms. The van der Waals surface area contributed by atoms with Crippen molar-refractivity contribution in [2.24, 2.45) is 0 Å². The standard InChI is InChI=1S/C17H20N2O4S2/c20-17(7-6-15-4-2-12-24-15)18-14-3-1-5-16(13-14)25(21,22)19-8-10-23-11-9-19/h1-5,12-13H,6-11H2,(H,18,20).